The van der Waals surface area contributed by atoms with E-state index in [9.17, 15) is 18.0 Å². The topological polar surface area (TPSA) is 67.1 Å². The van der Waals surface area contributed by atoms with Gasteiger partial charge in [-0.15, -0.1) is 0 Å². The second-order valence-corrected chi connectivity index (χ2v) is 4.24. The summed E-state index contributed by atoms with van der Waals surface area (Å²) in [4.78, 5) is 11.7. The number of nitrogens with two attached hydrogens (primary N) is 1. The smallest absolute Gasteiger partial charge is 0.398 e. The molecule has 0 aliphatic rings. The van der Waals surface area contributed by atoms with Crippen molar-refractivity contribution in [3.8, 4) is 0 Å². The average molecular weight is 295 g/mol. The number of nitrogen functional groups attached to an aromatic ring is 1. The molecule has 0 fully saturated rings. The molecular weight excluding hydrogens is 283 g/mol. The molecule has 21 heavy (non-hydrogen) atoms. The first-order valence-electron chi connectivity index (χ1n) is 5.96. The Bertz CT molecular complexity index is 642. The lowest BCUT2D eigenvalue weighted by molar-refractivity contribution is -0.136. The largest absolute Gasteiger partial charge is 0.418 e. The van der Waals surface area contributed by atoms with Crippen LogP contribution in [-0.2, 0) is 6.18 Å². The van der Waals surface area contributed by atoms with Crippen molar-refractivity contribution in [1.29, 1.82) is 0 Å². The maximum Gasteiger partial charge on any atom is 0.418 e. The van der Waals surface area contributed by atoms with Crippen molar-refractivity contribution in [3.05, 3.63) is 54.1 Å². The van der Waals surface area contributed by atoms with Gasteiger partial charge in [0.15, 0.2) is 0 Å². The van der Waals surface area contributed by atoms with Crippen molar-refractivity contribution in [2.45, 2.75) is 6.18 Å². The van der Waals surface area contributed by atoms with Crippen LogP contribution in [0.25, 0.3) is 0 Å². The van der Waals surface area contributed by atoms with Crippen LogP contribution in [0.4, 0.5) is 35.0 Å². The van der Waals surface area contributed by atoms with E-state index in [2.05, 4.69) is 10.6 Å². The predicted molar refractivity (Wildman–Crippen MR) is 74.9 cm³/mol. The summed E-state index contributed by atoms with van der Waals surface area (Å²) in [5.41, 5.74) is 4.44. The van der Waals surface area contributed by atoms with Crippen LogP contribution >= 0.6 is 0 Å². The molecule has 0 bridgehead atoms. The molecule has 0 aromatic heterocycles. The summed E-state index contributed by atoms with van der Waals surface area (Å²) < 4.78 is 38.1. The number of benzene rings is 2. The molecule has 2 aromatic carbocycles. The molecule has 0 spiro atoms. The normalized spacial score (nSPS) is 11.0. The van der Waals surface area contributed by atoms with Crippen LogP contribution in [0.15, 0.2) is 48.5 Å². The molecule has 4 N–H and O–H groups in total. The van der Waals surface area contributed by atoms with Gasteiger partial charge in [-0.3, -0.25) is 0 Å². The molecule has 0 saturated carbocycles. The van der Waals surface area contributed by atoms with Crippen LogP contribution in [0.1, 0.15) is 5.56 Å². The number of halogens is 3. The van der Waals surface area contributed by atoms with Gasteiger partial charge in [-0.1, -0.05) is 18.2 Å². The zero-order chi connectivity index (χ0) is 15.5. The summed E-state index contributed by atoms with van der Waals surface area (Å²) in [6, 6.07) is 11.1. The van der Waals surface area contributed by atoms with E-state index in [1.807, 2.05) is 0 Å². The Kier molecular flexibility index (Phi) is 4.02. The first kappa shape index (κ1) is 14.7. The second-order valence-electron chi connectivity index (χ2n) is 4.24. The lowest BCUT2D eigenvalue weighted by Crippen LogP contribution is -2.20. The quantitative estimate of drug-likeness (QED) is 0.735. The van der Waals surface area contributed by atoms with Gasteiger partial charge in [0.25, 0.3) is 0 Å². The van der Waals surface area contributed by atoms with Gasteiger partial charge >= 0.3 is 12.2 Å². The molecule has 2 rings (SSSR count). The van der Waals surface area contributed by atoms with Gasteiger partial charge in [0.2, 0.25) is 0 Å². The molecule has 0 unspecified atom stereocenters. The van der Waals surface area contributed by atoms with Crippen molar-refractivity contribution >= 4 is 23.1 Å². The number of hydrogen-bond acceptors (Lipinski definition) is 2. The summed E-state index contributed by atoms with van der Waals surface area (Å²) in [5, 5.41) is 4.83. The van der Waals surface area contributed by atoms with E-state index in [1.54, 1.807) is 30.3 Å². The van der Waals surface area contributed by atoms with Crippen LogP contribution in [-0.4, -0.2) is 6.03 Å². The van der Waals surface area contributed by atoms with Gasteiger partial charge < -0.3 is 16.4 Å². The molecular formula is C14H12F3N3O. The number of amides is 2. The third kappa shape index (κ3) is 3.88. The Labute approximate surface area is 118 Å². The van der Waals surface area contributed by atoms with E-state index in [0.717, 1.165) is 12.1 Å². The average Bonchev–Trinajstić information content (AvgIpc) is 2.41. The molecule has 0 heterocycles. The van der Waals surface area contributed by atoms with Crippen molar-refractivity contribution in [2.75, 3.05) is 16.4 Å². The maximum absolute atomic E-state index is 12.7. The van der Waals surface area contributed by atoms with Gasteiger partial charge in [0, 0.05) is 17.1 Å². The molecule has 2 amide bonds. The second kappa shape index (κ2) is 5.74. The lowest BCUT2D eigenvalue weighted by Gasteiger charge is -2.13. The van der Waals surface area contributed by atoms with Gasteiger partial charge in [-0.05, 0) is 30.3 Å². The highest BCUT2D eigenvalue weighted by Crippen LogP contribution is 2.35. The third-order valence-electron chi connectivity index (χ3n) is 2.65. The Morgan fingerprint density at radius 2 is 1.57 bits per heavy atom. The van der Waals surface area contributed by atoms with Crippen molar-refractivity contribution in [3.63, 3.8) is 0 Å². The van der Waals surface area contributed by atoms with Gasteiger partial charge in [0.1, 0.15) is 0 Å². The standard InChI is InChI=1S/C14H12F3N3O/c15-14(16,17)11-8-10(6-7-12(11)18)20-13(21)19-9-4-2-1-3-5-9/h1-8H,18H2,(H2,19,20,21). The minimum Gasteiger partial charge on any atom is -0.398 e. The minimum atomic E-state index is -4.57. The number of alkyl halides is 3. The fourth-order valence-electron chi connectivity index (χ4n) is 1.69. The molecule has 0 aliphatic heterocycles. The van der Waals surface area contributed by atoms with E-state index < -0.39 is 23.5 Å². The SMILES string of the molecule is Nc1ccc(NC(=O)Nc2ccccc2)cc1C(F)(F)F. The first-order valence-corrected chi connectivity index (χ1v) is 5.96. The van der Waals surface area contributed by atoms with Crippen molar-refractivity contribution < 1.29 is 18.0 Å². The van der Waals surface area contributed by atoms with Crippen LogP contribution in [0.5, 0.6) is 0 Å². The molecule has 0 aliphatic carbocycles. The summed E-state index contributed by atoms with van der Waals surface area (Å²) in [6.45, 7) is 0. The summed E-state index contributed by atoms with van der Waals surface area (Å²) in [7, 11) is 0. The van der Waals surface area contributed by atoms with Crippen LogP contribution in [0.3, 0.4) is 0 Å². The first-order chi connectivity index (χ1) is 9.86. The molecule has 2 aromatic rings. The predicted octanol–water partition coefficient (Wildman–Crippen LogP) is 3.93. The monoisotopic (exact) mass is 295 g/mol. The highest BCUT2D eigenvalue weighted by atomic mass is 19.4. The molecule has 0 radical (unpaired) electrons. The molecule has 7 heteroatoms. The summed E-state index contributed by atoms with van der Waals surface area (Å²) in [5.74, 6) is 0. The van der Waals surface area contributed by atoms with Crippen LogP contribution in [0, 0.1) is 0 Å². The summed E-state index contributed by atoms with van der Waals surface area (Å²) >= 11 is 0. The Morgan fingerprint density at radius 1 is 0.952 bits per heavy atom. The lowest BCUT2D eigenvalue weighted by atomic mass is 10.1. The highest BCUT2D eigenvalue weighted by molar-refractivity contribution is 5.99. The van der Waals surface area contributed by atoms with Gasteiger partial charge in [-0.25, -0.2) is 4.79 Å². The molecule has 110 valence electrons. The van der Waals surface area contributed by atoms with E-state index >= 15 is 0 Å². The number of anilines is 3. The van der Waals surface area contributed by atoms with E-state index in [1.165, 1.54) is 6.07 Å². The zero-order valence-electron chi connectivity index (χ0n) is 10.7. The van der Waals surface area contributed by atoms with E-state index in [0.29, 0.717) is 5.69 Å². The number of carbonyl (C=O) groups excluding carboxylic acids is 1. The molecule has 0 saturated heterocycles. The Morgan fingerprint density at radius 3 is 2.19 bits per heavy atom. The third-order valence-corrected chi connectivity index (χ3v) is 2.65. The number of rotatable bonds is 2. The Balaban J connectivity index is 2.11. The fourth-order valence-corrected chi connectivity index (χ4v) is 1.69. The zero-order valence-corrected chi connectivity index (χ0v) is 10.7. The van der Waals surface area contributed by atoms with Crippen molar-refractivity contribution in [2.24, 2.45) is 0 Å². The highest BCUT2D eigenvalue weighted by Gasteiger charge is 2.33. The number of carbonyl (C=O) groups is 1. The van der Waals surface area contributed by atoms with Crippen molar-refractivity contribution in [1.82, 2.24) is 0 Å². The number of para-hydroxylation sites is 1. The number of urea groups is 1. The van der Waals surface area contributed by atoms with E-state index in [4.69, 9.17) is 5.73 Å². The molecule has 0 atom stereocenters. The van der Waals surface area contributed by atoms with Crippen LogP contribution < -0.4 is 16.4 Å². The molecule has 4 nitrogen and oxygen atoms in total. The minimum absolute atomic E-state index is 0.00459. The summed E-state index contributed by atoms with van der Waals surface area (Å²) in [6.07, 6.45) is -4.57. The number of nitrogens with one attached hydrogen (secondary N) is 2. The maximum atomic E-state index is 12.7. The van der Waals surface area contributed by atoms with E-state index in [-0.39, 0.29) is 5.69 Å². The van der Waals surface area contributed by atoms with Gasteiger partial charge in [0.05, 0.1) is 5.56 Å². The Hall–Kier alpha value is -2.70. The number of hydrogen-bond donors (Lipinski definition) is 3. The van der Waals surface area contributed by atoms with Gasteiger partial charge in [-0.2, -0.15) is 13.2 Å². The van der Waals surface area contributed by atoms with Crippen LogP contribution in [0.2, 0.25) is 0 Å². The fraction of sp³-hybridized carbons (Fsp3) is 0.0714.